The third-order valence-electron chi connectivity index (χ3n) is 4.42. The van der Waals surface area contributed by atoms with Crippen LogP contribution in [0, 0.1) is 0 Å². The molecule has 0 bridgehead atoms. The third-order valence-corrected chi connectivity index (χ3v) is 4.42. The monoisotopic (exact) mass is 311 g/mol. The van der Waals surface area contributed by atoms with Crippen LogP contribution in [0.15, 0.2) is 54.6 Å². The summed E-state index contributed by atoms with van der Waals surface area (Å²) in [6.07, 6.45) is 0. The highest BCUT2D eigenvalue weighted by Crippen LogP contribution is 2.12. The number of hydrogen-bond acceptors (Lipinski definition) is 3. The first kappa shape index (κ1) is 15.6. The molecule has 1 heterocycles. The van der Waals surface area contributed by atoms with Crippen molar-refractivity contribution in [1.29, 1.82) is 0 Å². The van der Waals surface area contributed by atoms with Crippen LogP contribution in [0.1, 0.15) is 15.9 Å². The van der Waals surface area contributed by atoms with E-state index < -0.39 is 0 Å². The SMILES string of the molecule is COC(=O)c1ccc(C[NH+]2CCN(c3ccccc3)CC2)cc1. The predicted molar refractivity (Wildman–Crippen MR) is 90.8 cm³/mol. The number of piperazine rings is 1. The van der Waals surface area contributed by atoms with Crippen LogP contribution in [0.3, 0.4) is 0 Å². The second-order valence-electron chi connectivity index (χ2n) is 5.94. The molecule has 1 aliphatic heterocycles. The van der Waals surface area contributed by atoms with Crippen LogP contribution in [0.2, 0.25) is 0 Å². The van der Waals surface area contributed by atoms with Gasteiger partial charge in [-0.15, -0.1) is 0 Å². The summed E-state index contributed by atoms with van der Waals surface area (Å²) in [4.78, 5) is 15.5. The van der Waals surface area contributed by atoms with E-state index in [1.54, 1.807) is 4.90 Å². The Bertz CT molecular complexity index is 632. The van der Waals surface area contributed by atoms with Gasteiger partial charge in [-0.3, -0.25) is 0 Å². The number of nitrogens with zero attached hydrogens (tertiary/aromatic N) is 1. The van der Waals surface area contributed by atoms with E-state index in [4.69, 9.17) is 4.74 Å². The number of rotatable bonds is 4. The minimum atomic E-state index is -0.277. The van der Waals surface area contributed by atoms with E-state index in [-0.39, 0.29) is 5.97 Å². The van der Waals surface area contributed by atoms with Crippen LogP contribution in [0.4, 0.5) is 5.69 Å². The van der Waals surface area contributed by atoms with Crippen molar-refractivity contribution >= 4 is 11.7 Å². The van der Waals surface area contributed by atoms with E-state index in [1.807, 2.05) is 24.3 Å². The van der Waals surface area contributed by atoms with Crippen LogP contribution in [0.5, 0.6) is 0 Å². The topological polar surface area (TPSA) is 34.0 Å². The second-order valence-corrected chi connectivity index (χ2v) is 5.94. The molecule has 23 heavy (non-hydrogen) atoms. The summed E-state index contributed by atoms with van der Waals surface area (Å²) in [6, 6.07) is 18.4. The second kappa shape index (κ2) is 7.29. The molecule has 0 saturated carbocycles. The fourth-order valence-corrected chi connectivity index (χ4v) is 3.06. The maximum absolute atomic E-state index is 11.5. The fraction of sp³-hybridized carbons (Fsp3) is 0.316. The number of carbonyl (C=O) groups is 1. The molecule has 0 aromatic heterocycles. The van der Waals surface area contributed by atoms with E-state index in [2.05, 4.69) is 35.2 Å². The van der Waals surface area contributed by atoms with Gasteiger partial charge in [0.15, 0.2) is 0 Å². The van der Waals surface area contributed by atoms with Gasteiger partial charge in [-0.25, -0.2) is 4.79 Å². The third kappa shape index (κ3) is 3.90. The molecule has 120 valence electrons. The zero-order valence-corrected chi connectivity index (χ0v) is 13.5. The number of carbonyl (C=O) groups excluding carboxylic acids is 1. The fourth-order valence-electron chi connectivity index (χ4n) is 3.06. The van der Waals surface area contributed by atoms with Gasteiger partial charge in [-0.2, -0.15) is 0 Å². The highest BCUT2D eigenvalue weighted by molar-refractivity contribution is 5.89. The van der Waals surface area contributed by atoms with Crippen molar-refractivity contribution < 1.29 is 14.4 Å². The molecule has 1 N–H and O–H groups in total. The summed E-state index contributed by atoms with van der Waals surface area (Å²) >= 11 is 0. The van der Waals surface area contributed by atoms with Gasteiger partial charge in [0.1, 0.15) is 6.54 Å². The molecule has 2 aromatic rings. The minimum absolute atomic E-state index is 0.277. The molecule has 2 aromatic carbocycles. The first-order valence-electron chi connectivity index (χ1n) is 8.07. The lowest BCUT2D eigenvalue weighted by molar-refractivity contribution is -0.914. The lowest BCUT2D eigenvalue weighted by Crippen LogP contribution is -3.13. The quantitative estimate of drug-likeness (QED) is 0.866. The van der Waals surface area contributed by atoms with Gasteiger partial charge in [0, 0.05) is 11.3 Å². The van der Waals surface area contributed by atoms with Crippen molar-refractivity contribution in [3.63, 3.8) is 0 Å². The molecule has 1 saturated heterocycles. The molecule has 0 aliphatic carbocycles. The van der Waals surface area contributed by atoms with Crippen LogP contribution >= 0.6 is 0 Å². The summed E-state index contributed by atoms with van der Waals surface area (Å²) in [5, 5.41) is 0. The van der Waals surface area contributed by atoms with Crippen molar-refractivity contribution in [2.75, 3.05) is 38.2 Å². The molecule has 1 fully saturated rings. The zero-order valence-electron chi connectivity index (χ0n) is 13.5. The molecule has 0 unspecified atom stereocenters. The van der Waals surface area contributed by atoms with E-state index in [1.165, 1.54) is 18.4 Å². The first-order valence-corrected chi connectivity index (χ1v) is 8.07. The number of para-hydroxylation sites is 1. The summed E-state index contributed by atoms with van der Waals surface area (Å²) in [7, 11) is 1.41. The van der Waals surface area contributed by atoms with E-state index in [0.29, 0.717) is 5.56 Å². The van der Waals surface area contributed by atoms with E-state index >= 15 is 0 Å². The molecule has 0 spiro atoms. The van der Waals surface area contributed by atoms with Gasteiger partial charge < -0.3 is 14.5 Å². The van der Waals surface area contributed by atoms with E-state index in [0.717, 1.165) is 32.7 Å². The highest BCUT2D eigenvalue weighted by Gasteiger charge is 2.20. The van der Waals surface area contributed by atoms with Crippen molar-refractivity contribution in [3.8, 4) is 0 Å². The van der Waals surface area contributed by atoms with Gasteiger partial charge in [0.05, 0.1) is 38.9 Å². The molecular weight excluding hydrogens is 288 g/mol. The van der Waals surface area contributed by atoms with Crippen LogP contribution in [-0.4, -0.2) is 39.3 Å². The summed E-state index contributed by atoms with van der Waals surface area (Å²) in [5.41, 5.74) is 3.19. The Morgan fingerprint density at radius 1 is 1.04 bits per heavy atom. The van der Waals surface area contributed by atoms with Crippen LogP contribution < -0.4 is 9.80 Å². The highest BCUT2D eigenvalue weighted by atomic mass is 16.5. The lowest BCUT2D eigenvalue weighted by atomic mass is 10.1. The normalized spacial score (nSPS) is 15.4. The maximum Gasteiger partial charge on any atom is 0.337 e. The van der Waals surface area contributed by atoms with E-state index in [9.17, 15) is 4.79 Å². The molecule has 1 aliphatic rings. The Morgan fingerprint density at radius 3 is 2.30 bits per heavy atom. The Balaban J connectivity index is 1.53. The van der Waals surface area contributed by atoms with Crippen molar-refractivity contribution in [1.82, 2.24) is 0 Å². The molecule has 0 atom stereocenters. The zero-order chi connectivity index (χ0) is 16.1. The summed E-state index contributed by atoms with van der Waals surface area (Å²) in [5.74, 6) is -0.277. The molecular formula is C19H23N2O2+. The maximum atomic E-state index is 11.5. The molecule has 0 radical (unpaired) electrons. The number of esters is 1. The molecule has 0 amide bonds. The Morgan fingerprint density at radius 2 is 1.70 bits per heavy atom. The number of anilines is 1. The Labute approximate surface area is 137 Å². The minimum Gasteiger partial charge on any atom is -0.465 e. The number of methoxy groups -OCH3 is 1. The lowest BCUT2D eigenvalue weighted by Gasteiger charge is -2.33. The average Bonchev–Trinajstić information content (AvgIpc) is 2.63. The summed E-state index contributed by atoms with van der Waals surface area (Å²) in [6.45, 7) is 5.44. The molecule has 3 rings (SSSR count). The van der Waals surface area contributed by atoms with Crippen molar-refractivity contribution in [2.45, 2.75) is 6.54 Å². The standard InChI is InChI=1S/C19H22N2O2/c1-23-19(22)17-9-7-16(8-10-17)15-20-11-13-21(14-12-20)18-5-3-2-4-6-18/h2-10H,11-15H2,1H3/p+1. The van der Waals surface area contributed by atoms with Gasteiger partial charge in [0.25, 0.3) is 0 Å². The number of quaternary nitrogens is 1. The Kier molecular flexibility index (Phi) is 4.93. The van der Waals surface area contributed by atoms with Gasteiger partial charge in [-0.1, -0.05) is 30.3 Å². The van der Waals surface area contributed by atoms with Gasteiger partial charge >= 0.3 is 5.97 Å². The predicted octanol–water partition coefficient (Wildman–Crippen LogP) is 1.38. The number of ether oxygens (including phenoxy) is 1. The number of benzene rings is 2. The van der Waals surface area contributed by atoms with Crippen molar-refractivity contribution in [2.24, 2.45) is 0 Å². The average molecular weight is 311 g/mol. The number of nitrogens with one attached hydrogen (secondary N) is 1. The first-order chi connectivity index (χ1) is 11.3. The Hall–Kier alpha value is -2.33. The molecule has 4 heteroatoms. The van der Waals surface area contributed by atoms with Crippen molar-refractivity contribution in [3.05, 3.63) is 65.7 Å². The van der Waals surface area contributed by atoms with Crippen LogP contribution in [0.25, 0.3) is 0 Å². The molecule has 4 nitrogen and oxygen atoms in total. The summed E-state index contributed by atoms with van der Waals surface area (Å²) < 4.78 is 4.73. The smallest absolute Gasteiger partial charge is 0.337 e. The van der Waals surface area contributed by atoms with Gasteiger partial charge in [-0.05, 0) is 24.3 Å². The largest absolute Gasteiger partial charge is 0.465 e. The van der Waals surface area contributed by atoms with Crippen LogP contribution in [-0.2, 0) is 11.3 Å². The number of hydrogen-bond donors (Lipinski definition) is 1. The van der Waals surface area contributed by atoms with Gasteiger partial charge in [0.2, 0.25) is 0 Å².